The number of hydrogen-bond acceptors (Lipinski definition) is 5. The average Bonchev–Trinajstić information content (AvgIpc) is 3.48. The monoisotopic (exact) mass is 631 g/mol. The molecule has 11 heteroatoms. The Morgan fingerprint density at radius 2 is 1.69 bits per heavy atom. The minimum Gasteiger partial charge on any atom is -0.495 e. The minimum absolute atomic E-state index is 0.0196. The van der Waals surface area contributed by atoms with Crippen molar-refractivity contribution in [1.82, 2.24) is 10.2 Å². The highest BCUT2D eigenvalue weighted by atomic mass is 35.5. The third-order valence-electron chi connectivity index (χ3n) is 7.47. The summed E-state index contributed by atoms with van der Waals surface area (Å²) < 4.78 is 34.6. The highest BCUT2D eigenvalue weighted by molar-refractivity contribution is 7.92. The number of amides is 2. The number of benzene rings is 3. The van der Waals surface area contributed by atoms with Crippen LogP contribution in [0, 0.1) is 6.92 Å². The lowest BCUT2D eigenvalue weighted by Crippen LogP contribution is -2.52. The van der Waals surface area contributed by atoms with E-state index in [1.807, 2.05) is 6.92 Å². The molecule has 0 saturated heterocycles. The molecule has 0 bridgehead atoms. The Bertz CT molecular complexity index is 1530. The zero-order valence-electron chi connectivity index (χ0n) is 23.8. The zero-order valence-corrected chi connectivity index (χ0v) is 26.2. The van der Waals surface area contributed by atoms with Crippen molar-refractivity contribution >= 4 is 50.7 Å². The SMILES string of the molecule is COc1ccccc1N(CC(=O)N(Cc1ccc(Cl)cc1Cl)[C@H](C)C(=O)NC1CCCC1)S(=O)(=O)c1ccc(C)cc1. The molecule has 1 N–H and O–H groups in total. The molecule has 3 aromatic rings. The lowest BCUT2D eigenvalue weighted by Gasteiger charge is -2.33. The molecule has 1 fully saturated rings. The summed E-state index contributed by atoms with van der Waals surface area (Å²) in [5.74, 6) is -0.623. The highest BCUT2D eigenvalue weighted by Gasteiger charge is 2.34. The van der Waals surface area contributed by atoms with Gasteiger partial charge in [-0.05, 0) is 68.7 Å². The largest absolute Gasteiger partial charge is 0.495 e. The number of rotatable bonds is 11. The summed E-state index contributed by atoms with van der Waals surface area (Å²) in [5.41, 5.74) is 1.66. The molecule has 0 aliphatic heterocycles. The summed E-state index contributed by atoms with van der Waals surface area (Å²) in [7, 11) is -2.79. The van der Waals surface area contributed by atoms with Crippen molar-refractivity contribution in [2.24, 2.45) is 0 Å². The summed E-state index contributed by atoms with van der Waals surface area (Å²) >= 11 is 12.6. The Morgan fingerprint density at radius 1 is 1.02 bits per heavy atom. The van der Waals surface area contributed by atoms with Crippen molar-refractivity contribution in [2.45, 2.75) is 63.1 Å². The molecule has 0 spiro atoms. The molecule has 224 valence electrons. The van der Waals surface area contributed by atoms with Gasteiger partial charge >= 0.3 is 0 Å². The van der Waals surface area contributed by atoms with Crippen LogP contribution >= 0.6 is 23.2 Å². The van der Waals surface area contributed by atoms with E-state index in [1.165, 1.54) is 24.1 Å². The van der Waals surface area contributed by atoms with Crippen molar-refractivity contribution in [2.75, 3.05) is 18.0 Å². The molecule has 1 aliphatic carbocycles. The molecule has 1 saturated carbocycles. The maximum absolute atomic E-state index is 14.2. The van der Waals surface area contributed by atoms with Crippen molar-refractivity contribution in [1.29, 1.82) is 0 Å². The highest BCUT2D eigenvalue weighted by Crippen LogP contribution is 2.33. The molecular weight excluding hydrogens is 597 g/mol. The maximum atomic E-state index is 14.2. The molecule has 8 nitrogen and oxygen atoms in total. The molecule has 0 heterocycles. The number of carbonyl (C=O) groups excluding carboxylic acids is 2. The number of carbonyl (C=O) groups is 2. The van der Waals surface area contributed by atoms with Gasteiger partial charge in [-0.2, -0.15) is 0 Å². The quantitative estimate of drug-likeness (QED) is 0.281. The van der Waals surface area contributed by atoms with Gasteiger partial charge in [-0.3, -0.25) is 13.9 Å². The minimum atomic E-state index is -4.22. The van der Waals surface area contributed by atoms with Crippen LogP contribution in [0.2, 0.25) is 10.0 Å². The second kappa shape index (κ2) is 13.8. The normalized spacial score (nSPS) is 14.3. The smallest absolute Gasteiger partial charge is 0.264 e. The van der Waals surface area contributed by atoms with Gasteiger partial charge < -0.3 is 15.0 Å². The maximum Gasteiger partial charge on any atom is 0.264 e. The summed E-state index contributed by atoms with van der Waals surface area (Å²) in [6, 6.07) is 17.0. The number of nitrogens with one attached hydrogen (secondary N) is 1. The van der Waals surface area contributed by atoms with Crippen LogP contribution < -0.4 is 14.4 Å². The van der Waals surface area contributed by atoms with E-state index < -0.39 is 28.5 Å². The molecule has 42 heavy (non-hydrogen) atoms. The third kappa shape index (κ3) is 7.38. The first-order valence-corrected chi connectivity index (χ1v) is 16.0. The van der Waals surface area contributed by atoms with Crippen LogP contribution in [0.3, 0.4) is 0 Å². The molecule has 0 aromatic heterocycles. The Labute approximate surface area is 257 Å². The van der Waals surface area contributed by atoms with Crippen molar-refractivity contribution < 1.29 is 22.7 Å². The predicted octanol–water partition coefficient (Wildman–Crippen LogP) is 5.98. The number of ether oxygens (including phenoxy) is 1. The average molecular weight is 633 g/mol. The molecule has 3 aromatic carbocycles. The van der Waals surface area contributed by atoms with Gasteiger partial charge in [0.15, 0.2) is 0 Å². The first-order valence-electron chi connectivity index (χ1n) is 13.8. The first-order chi connectivity index (χ1) is 20.0. The summed E-state index contributed by atoms with van der Waals surface area (Å²) in [5, 5.41) is 3.81. The van der Waals surface area contributed by atoms with Crippen LogP contribution in [0.5, 0.6) is 5.75 Å². The second-order valence-corrected chi connectivity index (χ2v) is 13.1. The zero-order chi connectivity index (χ0) is 30.4. The molecule has 1 aliphatic rings. The molecule has 0 unspecified atom stereocenters. The Balaban J connectivity index is 1.73. The standard InChI is InChI=1S/C31H35Cl2N3O5S/c1-21-12-16-26(17-13-21)42(39,40)36(28-10-6-7-11-29(28)41-3)20-30(37)35(19-23-14-15-24(32)18-27(23)33)22(2)31(38)34-25-8-4-5-9-25/h6-7,10-18,22,25H,4-5,8-9,19-20H2,1-3H3,(H,34,38)/t22-/m1/s1. The Kier molecular flexibility index (Phi) is 10.4. The lowest BCUT2D eigenvalue weighted by atomic mass is 10.1. The number of aryl methyl sites for hydroxylation is 1. The predicted molar refractivity (Wildman–Crippen MR) is 166 cm³/mol. The molecular formula is C31H35Cl2N3O5S. The van der Waals surface area contributed by atoms with Gasteiger partial charge in [-0.1, -0.05) is 71.9 Å². The van der Waals surface area contributed by atoms with Gasteiger partial charge in [0.25, 0.3) is 10.0 Å². The number of halogens is 2. The van der Waals surface area contributed by atoms with Crippen LogP contribution in [0.15, 0.2) is 71.6 Å². The van der Waals surface area contributed by atoms with Crippen molar-refractivity contribution in [3.63, 3.8) is 0 Å². The van der Waals surface area contributed by atoms with E-state index in [0.717, 1.165) is 35.6 Å². The number of methoxy groups -OCH3 is 1. The van der Waals surface area contributed by atoms with Gasteiger partial charge in [0.05, 0.1) is 17.7 Å². The number of anilines is 1. The van der Waals surface area contributed by atoms with Gasteiger partial charge in [0.2, 0.25) is 11.8 Å². The van der Waals surface area contributed by atoms with Crippen LogP contribution in [0.1, 0.15) is 43.7 Å². The van der Waals surface area contributed by atoms with Gasteiger partial charge in [-0.15, -0.1) is 0 Å². The Hall–Kier alpha value is -3.27. The number of sulfonamides is 1. The van der Waals surface area contributed by atoms with Gasteiger partial charge in [-0.25, -0.2) is 8.42 Å². The van der Waals surface area contributed by atoms with Crippen molar-refractivity contribution in [3.05, 3.63) is 87.9 Å². The van der Waals surface area contributed by atoms with E-state index in [9.17, 15) is 18.0 Å². The fraction of sp³-hybridized carbons (Fsp3) is 0.355. The lowest BCUT2D eigenvalue weighted by molar-refractivity contribution is -0.139. The van der Waals surface area contributed by atoms with E-state index in [0.29, 0.717) is 15.6 Å². The van der Waals surface area contributed by atoms with Gasteiger partial charge in [0, 0.05) is 22.6 Å². The van der Waals surface area contributed by atoms with E-state index in [-0.39, 0.29) is 34.8 Å². The van der Waals surface area contributed by atoms with Crippen LogP contribution in [-0.4, -0.2) is 50.9 Å². The second-order valence-electron chi connectivity index (χ2n) is 10.4. The van der Waals surface area contributed by atoms with Crippen LogP contribution in [0.25, 0.3) is 0 Å². The molecule has 2 amide bonds. The number of nitrogens with zero attached hydrogens (tertiary/aromatic N) is 2. The fourth-order valence-corrected chi connectivity index (χ4v) is 6.89. The van der Waals surface area contributed by atoms with Crippen molar-refractivity contribution in [3.8, 4) is 5.75 Å². The molecule has 1 atom stereocenters. The third-order valence-corrected chi connectivity index (χ3v) is 9.83. The molecule has 4 rings (SSSR count). The summed E-state index contributed by atoms with van der Waals surface area (Å²) in [6.07, 6.45) is 3.83. The number of para-hydroxylation sites is 2. The molecule has 0 radical (unpaired) electrons. The fourth-order valence-electron chi connectivity index (χ4n) is 4.99. The topological polar surface area (TPSA) is 96.0 Å². The van der Waals surface area contributed by atoms with E-state index in [2.05, 4.69) is 5.32 Å². The van der Waals surface area contributed by atoms with E-state index in [1.54, 1.807) is 61.5 Å². The first kappa shape index (κ1) is 31.7. The van der Waals surface area contributed by atoms with E-state index >= 15 is 0 Å². The number of hydrogen-bond donors (Lipinski definition) is 1. The van der Waals surface area contributed by atoms with Gasteiger partial charge in [0.1, 0.15) is 18.3 Å². The summed E-state index contributed by atoms with van der Waals surface area (Å²) in [4.78, 5) is 28.9. The Morgan fingerprint density at radius 3 is 2.33 bits per heavy atom. The van der Waals surface area contributed by atoms with Crippen LogP contribution in [0.4, 0.5) is 5.69 Å². The van der Waals surface area contributed by atoms with Crippen LogP contribution in [-0.2, 0) is 26.2 Å². The van der Waals surface area contributed by atoms with E-state index in [4.69, 9.17) is 27.9 Å². The summed E-state index contributed by atoms with van der Waals surface area (Å²) in [6.45, 7) is 2.88.